The number of aromatic nitrogens is 2. The van der Waals surface area contributed by atoms with Crippen molar-refractivity contribution in [2.45, 2.75) is 25.3 Å². The molecule has 1 spiro atoms. The minimum absolute atomic E-state index is 0.362. The topological polar surface area (TPSA) is 53.6 Å². The molecule has 4 heteroatoms. The second kappa shape index (κ2) is 2.83. The Morgan fingerprint density at radius 2 is 2.47 bits per heavy atom. The summed E-state index contributed by atoms with van der Waals surface area (Å²) in [6, 6.07) is 4.41. The number of hydrogen-bond acceptors (Lipinski definition) is 3. The molecule has 0 radical (unpaired) electrons. The molecule has 1 aromatic heterocycles. The average molecular weight is 202 g/mol. The van der Waals surface area contributed by atoms with Crippen molar-refractivity contribution in [3.63, 3.8) is 0 Å². The van der Waals surface area contributed by atoms with Crippen molar-refractivity contribution in [3.05, 3.63) is 17.5 Å². The highest BCUT2D eigenvalue weighted by atomic mass is 15.3. The van der Waals surface area contributed by atoms with Crippen molar-refractivity contribution >= 4 is 0 Å². The highest BCUT2D eigenvalue weighted by molar-refractivity contribution is 5.26. The van der Waals surface area contributed by atoms with E-state index in [2.05, 4.69) is 16.5 Å². The molecule has 1 aliphatic carbocycles. The third-order valence-corrected chi connectivity index (χ3v) is 3.69. The van der Waals surface area contributed by atoms with Crippen LogP contribution in [0.1, 0.15) is 36.7 Å². The van der Waals surface area contributed by atoms with Crippen molar-refractivity contribution < 1.29 is 0 Å². The van der Waals surface area contributed by atoms with Crippen molar-refractivity contribution in [1.82, 2.24) is 15.1 Å². The van der Waals surface area contributed by atoms with Crippen molar-refractivity contribution in [2.24, 2.45) is 12.5 Å². The number of nitrogens with zero attached hydrogens (tertiary/aromatic N) is 3. The lowest BCUT2D eigenvalue weighted by molar-refractivity contribution is 0.543. The molecule has 4 nitrogen and oxygen atoms in total. The van der Waals surface area contributed by atoms with Gasteiger partial charge < -0.3 is 5.32 Å². The van der Waals surface area contributed by atoms with E-state index in [0.29, 0.717) is 17.2 Å². The van der Waals surface area contributed by atoms with Crippen LogP contribution in [0.4, 0.5) is 0 Å². The second-order valence-corrected chi connectivity index (χ2v) is 4.83. The lowest BCUT2D eigenvalue weighted by Gasteiger charge is -2.05. The molecule has 1 aromatic rings. The van der Waals surface area contributed by atoms with Gasteiger partial charge in [0.1, 0.15) is 11.8 Å². The van der Waals surface area contributed by atoms with E-state index in [-0.39, 0.29) is 0 Å². The number of nitrogens with one attached hydrogen (secondary N) is 1. The van der Waals surface area contributed by atoms with Gasteiger partial charge in [0.2, 0.25) is 0 Å². The van der Waals surface area contributed by atoms with Crippen LogP contribution in [0.25, 0.3) is 0 Å². The van der Waals surface area contributed by atoms with Crippen LogP contribution in [0.3, 0.4) is 0 Å². The van der Waals surface area contributed by atoms with Gasteiger partial charge in [0, 0.05) is 13.6 Å². The Kier molecular flexibility index (Phi) is 1.68. The predicted octanol–water partition coefficient (Wildman–Crippen LogP) is 1.11. The summed E-state index contributed by atoms with van der Waals surface area (Å²) in [4.78, 5) is 0. The third kappa shape index (κ3) is 1.35. The molecule has 3 rings (SSSR count). The summed E-state index contributed by atoms with van der Waals surface area (Å²) in [5.74, 6) is 0. The molecule has 1 atom stereocenters. The summed E-state index contributed by atoms with van der Waals surface area (Å²) in [5.41, 5.74) is 2.25. The molecule has 1 N–H and O–H groups in total. The van der Waals surface area contributed by atoms with Crippen LogP contribution < -0.4 is 5.32 Å². The van der Waals surface area contributed by atoms with Gasteiger partial charge in [-0.2, -0.15) is 10.4 Å². The third-order valence-electron chi connectivity index (χ3n) is 3.69. The maximum absolute atomic E-state index is 8.86. The van der Waals surface area contributed by atoms with Gasteiger partial charge in [0.15, 0.2) is 0 Å². The van der Waals surface area contributed by atoms with Crippen molar-refractivity contribution in [3.8, 4) is 6.07 Å². The molecule has 1 saturated heterocycles. The van der Waals surface area contributed by atoms with Crippen molar-refractivity contribution in [2.75, 3.05) is 6.54 Å². The number of rotatable bonds is 1. The van der Waals surface area contributed by atoms with E-state index >= 15 is 0 Å². The standard InChI is InChI=1S/C11H14N4/c1-15-8(6-12)4-9(14-15)10-5-11(2-3-11)7-13-10/h4,10,13H,2-3,5,7H2,1H3. The van der Waals surface area contributed by atoms with Gasteiger partial charge in [-0.05, 0) is 30.7 Å². The van der Waals surface area contributed by atoms with Crippen LogP contribution >= 0.6 is 0 Å². The van der Waals surface area contributed by atoms with E-state index in [1.165, 1.54) is 19.3 Å². The fourth-order valence-corrected chi connectivity index (χ4v) is 2.45. The normalized spacial score (nSPS) is 26.8. The molecule has 1 saturated carbocycles. The Labute approximate surface area is 88.9 Å². The molecule has 0 bridgehead atoms. The van der Waals surface area contributed by atoms with E-state index in [1.807, 2.05) is 13.1 Å². The summed E-state index contributed by atoms with van der Waals surface area (Å²) in [6.07, 6.45) is 3.90. The summed E-state index contributed by atoms with van der Waals surface area (Å²) >= 11 is 0. The molecule has 1 unspecified atom stereocenters. The van der Waals surface area contributed by atoms with E-state index < -0.39 is 0 Å². The first-order valence-corrected chi connectivity index (χ1v) is 5.40. The average Bonchev–Trinajstić information content (AvgIpc) is 2.69. The Morgan fingerprint density at radius 1 is 1.67 bits per heavy atom. The fourth-order valence-electron chi connectivity index (χ4n) is 2.45. The molecule has 0 amide bonds. The smallest absolute Gasteiger partial charge is 0.138 e. The summed E-state index contributed by atoms with van der Waals surface area (Å²) in [7, 11) is 1.82. The first-order chi connectivity index (χ1) is 7.22. The summed E-state index contributed by atoms with van der Waals surface area (Å²) in [6.45, 7) is 1.12. The highest BCUT2D eigenvalue weighted by Crippen LogP contribution is 2.54. The fraction of sp³-hybridized carbons (Fsp3) is 0.636. The van der Waals surface area contributed by atoms with E-state index in [4.69, 9.17) is 5.26 Å². The van der Waals surface area contributed by atoms with Crippen LogP contribution in [-0.4, -0.2) is 16.3 Å². The van der Waals surface area contributed by atoms with Crippen molar-refractivity contribution in [1.29, 1.82) is 5.26 Å². The zero-order valence-corrected chi connectivity index (χ0v) is 8.82. The molecule has 2 aliphatic rings. The summed E-state index contributed by atoms with van der Waals surface area (Å²) in [5, 5.41) is 16.8. The van der Waals surface area contributed by atoms with Gasteiger partial charge in [0.25, 0.3) is 0 Å². The quantitative estimate of drug-likeness (QED) is 0.742. The zero-order chi connectivity index (χ0) is 10.5. The van der Waals surface area contributed by atoms with Gasteiger partial charge in [-0.1, -0.05) is 0 Å². The maximum Gasteiger partial charge on any atom is 0.138 e. The van der Waals surface area contributed by atoms with Gasteiger partial charge in [-0.3, -0.25) is 4.68 Å². The van der Waals surface area contributed by atoms with E-state index in [9.17, 15) is 0 Å². The molecule has 15 heavy (non-hydrogen) atoms. The predicted molar refractivity (Wildman–Crippen MR) is 55.0 cm³/mol. The SMILES string of the molecule is Cn1nc(C2CC3(CC3)CN2)cc1C#N. The zero-order valence-electron chi connectivity index (χ0n) is 8.82. The van der Waals surface area contributed by atoms with Crippen LogP contribution in [0.2, 0.25) is 0 Å². The van der Waals surface area contributed by atoms with E-state index in [1.54, 1.807) is 4.68 Å². The van der Waals surface area contributed by atoms with Crippen LogP contribution in [0.15, 0.2) is 6.07 Å². The lowest BCUT2D eigenvalue weighted by atomic mass is 10.0. The van der Waals surface area contributed by atoms with Crippen LogP contribution in [-0.2, 0) is 7.05 Å². The van der Waals surface area contributed by atoms with Crippen LogP contribution in [0.5, 0.6) is 0 Å². The second-order valence-electron chi connectivity index (χ2n) is 4.83. The number of nitriles is 1. The first kappa shape index (κ1) is 8.93. The highest BCUT2D eigenvalue weighted by Gasteiger charge is 2.48. The minimum atomic E-state index is 0.362. The Bertz CT molecular complexity index is 436. The Morgan fingerprint density at radius 3 is 3.00 bits per heavy atom. The Balaban J connectivity index is 1.84. The van der Waals surface area contributed by atoms with Gasteiger partial charge in [0.05, 0.1) is 11.7 Å². The monoisotopic (exact) mass is 202 g/mol. The summed E-state index contributed by atoms with van der Waals surface area (Å²) < 4.78 is 1.66. The van der Waals surface area contributed by atoms with Crippen LogP contribution in [0, 0.1) is 16.7 Å². The number of hydrogen-bond donors (Lipinski definition) is 1. The van der Waals surface area contributed by atoms with Gasteiger partial charge >= 0.3 is 0 Å². The maximum atomic E-state index is 8.86. The van der Waals surface area contributed by atoms with Gasteiger partial charge in [-0.15, -0.1) is 0 Å². The molecule has 2 heterocycles. The molecule has 0 aromatic carbocycles. The minimum Gasteiger partial charge on any atom is -0.308 e. The molecular formula is C11H14N4. The molecule has 2 fully saturated rings. The first-order valence-electron chi connectivity index (χ1n) is 5.40. The number of aryl methyl sites for hydroxylation is 1. The lowest BCUT2D eigenvalue weighted by Crippen LogP contribution is -2.14. The molecular weight excluding hydrogens is 188 g/mol. The Hall–Kier alpha value is -1.34. The molecule has 1 aliphatic heterocycles. The van der Waals surface area contributed by atoms with E-state index in [0.717, 1.165) is 12.2 Å². The largest absolute Gasteiger partial charge is 0.308 e. The van der Waals surface area contributed by atoms with Gasteiger partial charge in [-0.25, -0.2) is 0 Å². The molecule has 78 valence electrons.